The van der Waals surface area contributed by atoms with Crippen molar-refractivity contribution in [2.75, 3.05) is 66.1 Å². The maximum atomic E-state index is 10.8. The smallest absolute Gasteiger partial charge is 0.186 e. The molecule has 0 unspecified atom stereocenters. The van der Waals surface area contributed by atoms with Gasteiger partial charge in [0.25, 0.3) is 0 Å². The molecule has 2 aliphatic rings. The molecule has 0 radical (unpaired) electrons. The first-order valence-corrected chi connectivity index (χ1v) is 13.8. The number of aliphatic hydroxyl groups excluding tert-OH is 2. The van der Waals surface area contributed by atoms with E-state index in [2.05, 4.69) is 6.92 Å². The SMILES string of the molecule is CCCCCCCCCCCCO[C@@H]1O[C@H](CO)[C@@H](O)[C@@H]2OCCOCCOCCOCCO[C@@H]12. The van der Waals surface area contributed by atoms with E-state index in [1.807, 2.05) is 0 Å². The lowest BCUT2D eigenvalue weighted by Gasteiger charge is -2.43. The van der Waals surface area contributed by atoms with Gasteiger partial charge in [-0.2, -0.15) is 0 Å². The number of ether oxygens (including phenoxy) is 7. The van der Waals surface area contributed by atoms with Crippen LogP contribution in [0, 0.1) is 0 Å². The molecular formula is C26H50O9. The molecule has 9 heteroatoms. The van der Waals surface area contributed by atoms with Gasteiger partial charge in [0.15, 0.2) is 6.29 Å². The average Bonchev–Trinajstić information content (AvgIpc) is 2.88. The Morgan fingerprint density at radius 1 is 0.657 bits per heavy atom. The van der Waals surface area contributed by atoms with Gasteiger partial charge in [-0.05, 0) is 6.42 Å². The van der Waals surface area contributed by atoms with Gasteiger partial charge in [0.05, 0.1) is 59.5 Å². The summed E-state index contributed by atoms with van der Waals surface area (Å²) in [5.74, 6) is 0. The lowest BCUT2D eigenvalue weighted by atomic mass is 9.98. The zero-order valence-corrected chi connectivity index (χ0v) is 21.8. The Kier molecular flexibility index (Phi) is 18.2. The van der Waals surface area contributed by atoms with Gasteiger partial charge in [-0.25, -0.2) is 0 Å². The van der Waals surface area contributed by atoms with E-state index < -0.39 is 30.7 Å². The minimum absolute atomic E-state index is 0.279. The van der Waals surface area contributed by atoms with Gasteiger partial charge in [-0.1, -0.05) is 64.7 Å². The summed E-state index contributed by atoms with van der Waals surface area (Å²) in [4.78, 5) is 0. The van der Waals surface area contributed by atoms with E-state index in [9.17, 15) is 10.2 Å². The topological polar surface area (TPSA) is 105 Å². The summed E-state index contributed by atoms with van der Waals surface area (Å²) in [6.07, 6.45) is 8.56. The Morgan fingerprint density at radius 3 is 1.69 bits per heavy atom. The van der Waals surface area contributed by atoms with Gasteiger partial charge < -0.3 is 43.4 Å². The maximum Gasteiger partial charge on any atom is 0.186 e. The summed E-state index contributed by atoms with van der Waals surface area (Å²) in [5.41, 5.74) is 0. The van der Waals surface area contributed by atoms with Crippen molar-refractivity contribution in [3.63, 3.8) is 0 Å². The molecule has 5 atom stereocenters. The summed E-state index contributed by atoms with van der Waals surface area (Å²) < 4.78 is 40.4. The lowest BCUT2D eigenvalue weighted by molar-refractivity contribution is -0.317. The molecule has 2 aliphatic heterocycles. The molecule has 0 spiro atoms. The van der Waals surface area contributed by atoms with Gasteiger partial charge in [0, 0.05) is 6.61 Å². The predicted molar refractivity (Wildman–Crippen MR) is 131 cm³/mol. The van der Waals surface area contributed by atoms with E-state index >= 15 is 0 Å². The first-order chi connectivity index (χ1) is 17.3. The molecule has 2 heterocycles. The third-order valence-electron chi connectivity index (χ3n) is 6.40. The third kappa shape index (κ3) is 13.1. The molecule has 2 N–H and O–H groups in total. The monoisotopic (exact) mass is 506 g/mol. The Hall–Kier alpha value is -0.360. The molecule has 2 saturated heterocycles. The highest BCUT2D eigenvalue weighted by Crippen LogP contribution is 2.27. The minimum atomic E-state index is -1.04. The minimum Gasteiger partial charge on any atom is -0.394 e. The van der Waals surface area contributed by atoms with Crippen molar-refractivity contribution in [1.82, 2.24) is 0 Å². The van der Waals surface area contributed by atoms with E-state index in [1.54, 1.807) is 0 Å². The quantitative estimate of drug-likeness (QED) is 0.365. The second-order valence-electron chi connectivity index (χ2n) is 9.28. The van der Waals surface area contributed by atoms with Crippen LogP contribution in [0.1, 0.15) is 71.1 Å². The van der Waals surface area contributed by atoms with Crippen LogP contribution in [0.2, 0.25) is 0 Å². The lowest BCUT2D eigenvalue weighted by Crippen LogP contribution is -2.61. The van der Waals surface area contributed by atoms with Gasteiger partial charge in [0.2, 0.25) is 0 Å². The van der Waals surface area contributed by atoms with Gasteiger partial charge >= 0.3 is 0 Å². The van der Waals surface area contributed by atoms with E-state index in [0.29, 0.717) is 52.9 Å². The van der Waals surface area contributed by atoms with E-state index in [4.69, 9.17) is 33.2 Å². The van der Waals surface area contributed by atoms with E-state index in [1.165, 1.54) is 51.4 Å². The van der Waals surface area contributed by atoms with Crippen molar-refractivity contribution in [2.45, 2.75) is 102 Å². The fourth-order valence-electron chi connectivity index (χ4n) is 4.36. The zero-order chi connectivity index (χ0) is 25.0. The highest BCUT2D eigenvalue weighted by atomic mass is 16.7. The summed E-state index contributed by atoms with van der Waals surface area (Å²) in [6, 6.07) is 0. The molecular weight excluding hydrogens is 456 g/mol. The van der Waals surface area contributed by atoms with Crippen LogP contribution < -0.4 is 0 Å². The molecule has 0 saturated carbocycles. The van der Waals surface area contributed by atoms with Crippen LogP contribution in [0.4, 0.5) is 0 Å². The van der Waals surface area contributed by atoms with Crippen LogP contribution in [0.5, 0.6) is 0 Å². The van der Waals surface area contributed by atoms with E-state index in [-0.39, 0.29) is 13.2 Å². The predicted octanol–water partition coefficient (Wildman–Crippen LogP) is 2.84. The molecule has 0 amide bonds. The second-order valence-corrected chi connectivity index (χ2v) is 9.28. The Morgan fingerprint density at radius 2 is 1.14 bits per heavy atom. The van der Waals surface area contributed by atoms with Crippen molar-refractivity contribution >= 4 is 0 Å². The molecule has 0 aromatic rings. The van der Waals surface area contributed by atoms with Crippen molar-refractivity contribution in [1.29, 1.82) is 0 Å². The molecule has 0 aromatic carbocycles. The maximum absolute atomic E-state index is 10.8. The van der Waals surface area contributed by atoms with Crippen LogP contribution in [-0.4, -0.2) is 107 Å². The summed E-state index contributed by atoms with van der Waals surface area (Å²) in [5, 5.41) is 20.5. The van der Waals surface area contributed by atoms with Crippen molar-refractivity contribution in [2.24, 2.45) is 0 Å². The Bertz CT molecular complexity index is 482. The van der Waals surface area contributed by atoms with Gasteiger partial charge in [-0.3, -0.25) is 0 Å². The fraction of sp³-hybridized carbons (Fsp3) is 1.00. The first kappa shape index (κ1) is 30.9. The molecule has 208 valence electrons. The Balaban J connectivity index is 1.78. The zero-order valence-electron chi connectivity index (χ0n) is 21.8. The Labute approximate surface area is 211 Å². The van der Waals surface area contributed by atoms with Crippen molar-refractivity contribution < 1.29 is 43.4 Å². The number of unbranched alkanes of at least 4 members (excludes halogenated alkanes) is 9. The molecule has 35 heavy (non-hydrogen) atoms. The standard InChI is InChI=1S/C26H50O9/c1-2-3-4-5-6-7-8-9-10-11-12-34-26-25-24(23(28)22(21-27)35-26)32-19-17-30-15-13-29-14-16-31-18-20-33-25/h22-28H,2-21H2,1H3/t22-,23-,24+,25-,26-/m1/s1. The largest absolute Gasteiger partial charge is 0.394 e. The average molecular weight is 507 g/mol. The van der Waals surface area contributed by atoms with Crippen LogP contribution in [0.25, 0.3) is 0 Å². The van der Waals surface area contributed by atoms with Gasteiger partial charge in [-0.15, -0.1) is 0 Å². The van der Waals surface area contributed by atoms with Crippen molar-refractivity contribution in [3.05, 3.63) is 0 Å². The molecule has 0 bridgehead atoms. The summed E-state index contributed by atoms with van der Waals surface area (Å²) in [7, 11) is 0. The highest BCUT2D eigenvalue weighted by Gasteiger charge is 2.47. The molecule has 0 aromatic heterocycles. The normalized spacial score (nSPS) is 29.7. The molecule has 9 nitrogen and oxygen atoms in total. The number of aliphatic hydroxyl groups is 2. The van der Waals surface area contributed by atoms with Crippen LogP contribution in [-0.2, 0) is 33.2 Å². The molecule has 2 rings (SSSR count). The van der Waals surface area contributed by atoms with Gasteiger partial charge in [0.1, 0.15) is 24.4 Å². The van der Waals surface area contributed by atoms with Crippen LogP contribution in [0.15, 0.2) is 0 Å². The van der Waals surface area contributed by atoms with Crippen molar-refractivity contribution in [3.8, 4) is 0 Å². The number of hydrogen-bond acceptors (Lipinski definition) is 9. The first-order valence-electron chi connectivity index (χ1n) is 13.8. The second kappa shape index (κ2) is 20.7. The highest BCUT2D eigenvalue weighted by molar-refractivity contribution is 4.91. The van der Waals surface area contributed by atoms with Crippen LogP contribution >= 0.6 is 0 Å². The van der Waals surface area contributed by atoms with E-state index in [0.717, 1.165) is 12.8 Å². The summed E-state index contributed by atoms with van der Waals surface area (Å²) >= 11 is 0. The fourth-order valence-corrected chi connectivity index (χ4v) is 4.36. The molecule has 0 aliphatic carbocycles. The number of rotatable bonds is 13. The summed E-state index contributed by atoms with van der Waals surface area (Å²) in [6.45, 7) is 5.69. The third-order valence-corrected chi connectivity index (χ3v) is 6.40. The van der Waals surface area contributed by atoms with Crippen LogP contribution in [0.3, 0.4) is 0 Å². The molecule has 2 fully saturated rings. The number of fused-ring (bicyclic) bond motifs is 1. The number of hydrogen-bond donors (Lipinski definition) is 2.